The van der Waals surface area contributed by atoms with Crippen molar-refractivity contribution in [1.82, 2.24) is 15.2 Å². The number of carbonyl (C=O) groups is 1. The maximum Gasteiger partial charge on any atom is 0.252 e. The topological polar surface area (TPSA) is 54.5 Å². The van der Waals surface area contributed by atoms with Gasteiger partial charge >= 0.3 is 0 Å². The summed E-state index contributed by atoms with van der Waals surface area (Å²) in [5.74, 6) is -0.0930. The number of morpholine rings is 1. The number of fused-ring (bicyclic) bond motifs is 1. The van der Waals surface area contributed by atoms with Crippen LogP contribution in [-0.2, 0) is 4.74 Å². The molecule has 1 aromatic heterocycles. The van der Waals surface area contributed by atoms with Gasteiger partial charge in [-0.25, -0.2) is 4.98 Å². The lowest BCUT2D eigenvalue weighted by Gasteiger charge is -2.26. The maximum atomic E-state index is 13.1. The standard InChI is InChI=1S/C23H24ClN3O2/c1-16-5-4-7-17-19(23(28)25-9-10-27-11-13-29-14-12-27)15-21(26-22(16)17)18-6-2-3-8-20(18)24/h2-8,15H,9-14H2,1H3,(H,25,28). The molecular weight excluding hydrogens is 386 g/mol. The number of amides is 1. The molecule has 0 radical (unpaired) electrons. The molecule has 5 nitrogen and oxygen atoms in total. The number of para-hydroxylation sites is 1. The fourth-order valence-corrected chi connectivity index (χ4v) is 3.87. The van der Waals surface area contributed by atoms with Gasteiger partial charge in [0.25, 0.3) is 5.91 Å². The summed E-state index contributed by atoms with van der Waals surface area (Å²) in [5.41, 5.74) is 4.00. The molecule has 6 heteroatoms. The van der Waals surface area contributed by atoms with Crippen molar-refractivity contribution in [2.75, 3.05) is 39.4 Å². The quantitative estimate of drug-likeness (QED) is 0.693. The number of aryl methyl sites for hydroxylation is 1. The second-order valence-electron chi connectivity index (χ2n) is 7.22. The Hall–Kier alpha value is -2.47. The van der Waals surface area contributed by atoms with Crippen molar-refractivity contribution in [2.45, 2.75) is 6.92 Å². The Morgan fingerprint density at radius 3 is 2.76 bits per heavy atom. The molecule has 4 rings (SSSR count). The van der Waals surface area contributed by atoms with Gasteiger partial charge in [-0.3, -0.25) is 9.69 Å². The number of carbonyl (C=O) groups excluding carboxylic acids is 1. The number of hydrogen-bond acceptors (Lipinski definition) is 4. The number of rotatable bonds is 5. The molecule has 0 spiro atoms. The van der Waals surface area contributed by atoms with E-state index in [1.165, 1.54) is 0 Å². The molecule has 0 saturated carbocycles. The summed E-state index contributed by atoms with van der Waals surface area (Å²) in [7, 11) is 0. The first kappa shape index (κ1) is 19.8. The van der Waals surface area contributed by atoms with E-state index < -0.39 is 0 Å². The molecule has 2 heterocycles. The summed E-state index contributed by atoms with van der Waals surface area (Å²) in [6, 6.07) is 15.3. The Kier molecular flexibility index (Phi) is 6.09. The van der Waals surface area contributed by atoms with E-state index in [2.05, 4.69) is 10.2 Å². The average Bonchev–Trinajstić information content (AvgIpc) is 2.74. The second kappa shape index (κ2) is 8.91. The predicted molar refractivity (Wildman–Crippen MR) is 117 cm³/mol. The number of ether oxygens (including phenoxy) is 1. The van der Waals surface area contributed by atoms with Gasteiger partial charge in [0.2, 0.25) is 0 Å². The van der Waals surface area contributed by atoms with Gasteiger partial charge in [0.15, 0.2) is 0 Å². The van der Waals surface area contributed by atoms with Crippen molar-refractivity contribution in [3.63, 3.8) is 0 Å². The Bertz CT molecular complexity index is 1030. The Morgan fingerprint density at radius 2 is 1.97 bits per heavy atom. The summed E-state index contributed by atoms with van der Waals surface area (Å²) in [6.07, 6.45) is 0. The van der Waals surface area contributed by atoms with Crippen molar-refractivity contribution in [1.29, 1.82) is 0 Å². The minimum Gasteiger partial charge on any atom is -0.379 e. The largest absolute Gasteiger partial charge is 0.379 e. The highest BCUT2D eigenvalue weighted by Gasteiger charge is 2.17. The van der Waals surface area contributed by atoms with Crippen LogP contribution in [0, 0.1) is 6.92 Å². The SMILES string of the molecule is Cc1cccc2c(C(=O)NCCN3CCOCC3)cc(-c3ccccc3Cl)nc12. The summed E-state index contributed by atoms with van der Waals surface area (Å²) >= 11 is 6.39. The number of benzene rings is 2. The van der Waals surface area contributed by atoms with Crippen LogP contribution in [0.15, 0.2) is 48.5 Å². The lowest BCUT2D eigenvalue weighted by molar-refractivity contribution is 0.0383. The predicted octanol–water partition coefficient (Wildman–Crippen LogP) is 3.93. The van der Waals surface area contributed by atoms with Crippen LogP contribution in [0.2, 0.25) is 5.02 Å². The van der Waals surface area contributed by atoms with E-state index >= 15 is 0 Å². The van der Waals surface area contributed by atoms with Crippen LogP contribution in [0.3, 0.4) is 0 Å². The minimum atomic E-state index is -0.0930. The first-order valence-electron chi connectivity index (χ1n) is 9.87. The molecule has 0 unspecified atom stereocenters. The van der Waals surface area contributed by atoms with Crippen molar-refractivity contribution in [3.05, 3.63) is 64.7 Å². The molecule has 0 aliphatic carbocycles. The van der Waals surface area contributed by atoms with Crippen LogP contribution in [0.5, 0.6) is 0 Å². The van der Waals surface area contributed by atoms with Gasteiger partial charge in [0.05, 0.1) is 30.0 Å². The first-order valence-corrected chi connectivity index (χ1v) is 10.2. The minimum absolute atomic E-state index is 0.0930. The summed E-state index contributed by atoms with van der Waals surface area (Å²) in [4.78, 5) is 20.2. The number of pyridine rings is 1. The highest BCUT2D eigenvalue weighted by Crippen LogP contribution is 2.30. The van der Waals surface area contributed by atoms with Gasteiger partial charge in [-0.1, -0.05) is 48.0 Å². The molecule has 1 aliphatic rings. The number of halogens is 1. The number of nitrogens with zero attached hydrogens (tertiary/aromatic N) is 2. The van der Waals surface area contributed by atoms with Gasteiger partial charge in [0, 0.05) is 42.2 Å². The van der Waals surface area contributed by atoms with E-state index in [0.29, 0.717) is 22.8 Å². The Labute approximate surface area is 175 Å². The molecule has 1 N–H and O–H groups in total. The van der Waals surface area contributed by atoms with Gasteiger partial charge in [-0.05, 0) is 24.6 Å². The monoisotopic (exact) mass is 409 g/mol. The molecule has 2 aromatic carbocycles. The van der Waals surface area contributed by atoms with Crippen molar-refractivity contribution in [3.8, 4) is 11.3 Å². The average molecular weight is 410 g/mol. The highest BCUT2D eigenvalue weighted by atomic mass is 35.5. The Balaban J connectivity index is 1.64. The zero-order valence-corrected chi connectivity index (χ0v) is 17.2. The van der Waals surface area contributed by atoms with Crippen LogP contribution in [0.4, 0.5) is 0 Å². The van der Waals surface area contributed by atoms with Crippen LogP contribution in [0.25, 0.3) is 22.2 Å². The zero-order chi connectivity index (χ0) is 20.2. The number of nitrogens with one attached hydrogen (secondary N) is 1. The van der Waals surface area contributed by atoms with Crippen molar-refractivity contribution >= 4 is 28.4 Å². The fourth-order valence-electron chi connectivity index (χ4n) is 3.63. The molecule has 150 valence electrons. The summed E-state index contributed by atoms with van der Waals surface area (Å²) < 4.78 is 5.37. The molecular formula is C23H24ClN3O2. The van der Waals surface area contributed by atoms with Gasteiger partial charge < -0.3 is 10.1 Å². The van der Waals surface area contributed by atoms with Crippen LogP contribution in [0.1, 0.15) is 15.9 Å². The van der Waals surface area contributed by atoms with Gasteiger partial charge in [0.1, 0.15) is 0 Å². The van der Waals surface area contributed by atoms with E-state index in [9.17, 15) is 4.79 Å². The van der Waals surface area contributed by atoms with Crippen LogP contribution < -0.4 is 5.32 Å². The number of hydrogen-bond donors (Lipinski definition) is 1. The Morgan fingerprint density at radius 1 is 1.17 bits per heavy atom. The third-order valence-electron chi connectivity index (χ3n) is 5.25. The van der Waals surface area contributed by atoms with E-state index in [0.717, 1.165) is 54.9 Å². The summed E-state index contributed by atoms with van der Waals surface area (Å²) in [5, 5.41) is 4.54. The molecule has 3 aromatic rings. The smallest absolute Gasteiger partial charge is 0.252 e. The summed E-state index contributed by atoms with van der Waals surface area (Å²) in [6.45, 7) is 6.73. The van der Waals surface area contributed by atoms with Crippen LogP contribution in [-0.4, -0.2) is 55.2 Å². The maximum absolute atomic E-state index is 13.1. The molecule has 1 fully saturated rings. The lowest BCUT2D eigenvalue weighted by Crippen LogP contribution is -2.41. The van der Waals surface area contributed by atoms with E-state index in [1.807, 2.05) is 55.5 Å². The zero-order valence-electron chi connectivity index (χ0n) is 16.5. The van der Waals surface area contributed by atoms with E-state index in [1.54, 1.807) is 0 Å². The third-order valence-corrected chi connectivity index (χ3v) is 5.58. The lowest BCUT2D eigenvalue weighted by atomic mass is 10.0. The van der Waals surface area contributed by atoms with Crippen molar-refractivity contribution < 1.29 is 9.53 Å². The molecule has 1 saturated heterocycles. The molecule has 1 amide bonds. The van der Waals surface area contributed by atoms with Gasteiger partial charge in [-0.2, -0.15) is 0 Å². The molecule has 0 atom stereocenters. The van der Waals surface area contributed by atoms with Crippen LogP contribution >= 0.6 is 11.6 Å². The highest BCUT2D eigenvalue weighted by molar-refractivity contribution is 6.33. The van der Waals surface area contributed by atoms with E-state index in [4.69, 9.17) is 21.3 Å². The first-order chi connectivity index (χ1) is 14.1. The molecule has 29 heavy (non-hydrogen) atoms. The van der Waals surface area contributed by atoms with E-state index in [-0.39, 0.29) is 5.91 Å². The molecule has 0 bridgehead atoms. The third kappa shape index (κ3) is 4.42. The second-order valence-corrected chi connectivity index (χ2v) is 7.62. The number of aromatic nitrogens is 1. The molecule has 1 aliphatic heterocycles. The van der Waals surface area contributed by atoms with Crippen molar-refractivity contribution in [2.24, 2.45) is 0 Å². The van der Waals surface area contributed by atoms with Gasteiger partial charge in [-0.15, -0.1) is 0 Å². The normalized spacial score (nSPS) is 14.8. The fraction of sp³-hybridized carbons (Fsp3) is 0.304.